The van der Waals surface area contributed by atoms with Crippen molar-refractivity contribution in [1.82, 2.24) is 9.03 Å². The molecule has 1 aliphatic rings. The van der Waals surface area contributed by atoms with Crippen LogP contribution in [-0.4, -0.2) is 52.3 Å². The van der Waals surface area contributed by atoms with Crippen LogP contribution in [0.15, 0.2) is 0 Å². The van der Waals surface area contributed by atoms with E-state index in [0.29, 0.717) is 32.5 Å². The minimum absolute atomic E-state index is 0.144. The molecule has 19 heavy (non-hydrogen) atoms. The monoisotopic (exact) mass is 312 g/mol. The lowest BCUT2D eigenvalue weighted by molar-refractivity contribution is 0.378. The largest absolute Gasteiger partial charge is 0.215 e. The van der Waals surface area contributed by atoms with Crippen molar-refractivity contribution < 1.29 is 16.8 Å². The smallest absolute Gasteiger partial charge is 0.214 e. The molecule has 1 N–H and O–H groups in total. The molecular formula is C11H24N2O4S2. The molecule has 0 unspecified atom stereocenters. The summed E-state index contributed by atoms with van der Waals surface area (Å²) in [5.74, 6) is 0.362. The van der Waals surface area contributed by atoms with Crippen LogP contribution in [0.5, 0.6) is 0 Å². The molecule has 0 aromatic heterocycles. The summed E-state index contributed by atoms with van der Waals surface area (Å²) in [6.07, 6.45) is 3.62. The van der Waals surface area contributed by atoms with Crippen molar-refractivity contribution in [3.63, 3.8) is 0 Å². The van der Waals surface area contributed by atoms with Crippen LogP contribution in [0.4, 0.5) is 0 Å². The number of unbranched alkanes of at least 4 members (excludes halogenated alkanes) is 1. The molecule has 0 atom stereocenters. The fraction of sp³-hybridized carbons (Fsp3) is 1.00. The highest BCUT2D eigenvalue weighted by Crippen LogP contribution is 2.13. The molecule has 0 radical (unpaired) electrons. The Morgan fingerprint density at radius 2 is 1.95 bits per heavy atom. The van der Waals surface area contributed by atoms with Crippen LogP contribution in [-0.2, 0) is 20.0 Å². The first-order chi connectivity index (χ1) is 8.87. The average molecular weight is 312 g/mol. The van der Waals surface area contributed by atoms with E-state index in [2.05, 4.69) is 4.72 Å². The number of nitrogens with zero attached hydrogens (tertiary/aromatic N) is 1. The zero-order valence-electron chi connectivity index (χ0n) is 11.5. The average Bonchev–Trinajstić information content (AvgIpc) is 2.33. The highest BCUT2D eigenvalue weighted by atomic mass is 32.2. The topological polar surface area (TPSA) is 83.6 Å². The quantitative estimate of drug-likeness (QED) is 0.662. The van der Waals surface area contributed by atoms with Crippen molar-refractivity contribution in [2.45, 2.75) is 39.0 Å². The van der Waals surface area contributed by atoms with Crippen LogP contribution in [0.1, 0.15) is 39.0 Å². The lowest BCUT2D eigenvalue weighted by Gasteiger charge is -2.26. The van der Waals surface area contributed by atoms with Gasteiger partial charge in [-0.3, -0.25) is 0 Å². The van der Waals surface area contributed by atoms with Gasteiger partial charge in [0, 0.05) is 19.6 Å². The molecule has 6 nitrogen and oxygen atoms in total. The molecule has 1 fully saturated rings. The first-order valence-electron chi connectivity index (χ1n) is 6.82. The zero-order valence-corrected chi connectivity index (χ0v) is 13.1. The van der Waals surface area contributed by atoms with E-state index in [4.69, 9.17) is 0 Å². The third-order valence-corrected chi connectivity index (χ3v) is 6.55. The Morgan fingerprint density at radius 1 is 1.21 bits per heavy atom. The summed E-state index contributed by atoms with van der Waals surface area (Å²) >= 11 is 0. The van der Waals surface area contributed by atoms with Gasteiger partial charge in [-0.2, -0.15) is 0 Å². The molecule has 1 heterocycles. The van der Waals surface area contributed by atoms with Crippen LogP contribution < -0.4 is 4.72 Å². The van der Waals surface area contributed by atoms with Crippen LogP contribution >= 0.6 is 0 Å². The molecule has 0 aromatic rings. The number of hydrogen-bond acceptors (Lipinski definition) is 4. The van der Waals surface area contributed by atoms with Gasteiger partial charge in [0.1, 0.15) is 0 Å². The molecule has 0 saturated carbocycles. The van der Waals surface area contributed by atoms with E-state index in [1.54, 1.807) is 0 Å². The molecule has 0 spiro atoms. The lowest BCUT2D eigenvalue weighted by Crippen LogP contribution is -2.39. The van der Waals surface area contributed by atoms with Gasteiger partial charge in [0.15, 0.2) is 0 Å². The summed E-state index contributed by atoms with van der Waals surface area (Å²) in [5, 5.41) is 0. The minimum Gasteiger partial charge on any atom is -0.215 e. The molecule has 0 bridgehead atoms. The van der Waals surface area contributed by atoms with Crippen molar-refractivity contribution in [3.05, 3.63) is 0 Å². The highest BCUT2D eigenvalue weighted by Gasteiger charge is 2.24. The molecule has 1 saturated heterocycles. The maximum absolute atomic E-state index is 11.7. The van der Waals surface area contributed by atoms with E-state index in [1.807, 2.05) is 6.92 Å². The van der Waals surface area contributed by atoms with Crippen molar-refractivity contribution in [2.24, 2.45) is 0 Å². The van der Waals surface area contributed by atoms with Crippen molar-refractivity contribution >= 4 is 20.0 Å². The van der Waals surface area contributed by atoms with Crippen LogP contribution in [0.3, 0.4) is 0 Å². The van der Waals surface area contributed by atoms with Crippen molar-refractivity contribution in [3.8, 4) is 0 Å². The van der Waals surface area contributed by atoms with E-state index in [9.17, 15) is 16.8 Å². The minimum atomic E-state index is -3.19. The van der Waals surface area contributed by atoms with Gasteiger partial charge in [0.2, 0.25) is 20.0 Å². The van der Waals surface area contributed by atoms with Crippen molar-refractivity contribution in [1.29, 1.82) is 0 Å². The molecule has 1 rings (SSSR count). The van der Waals surface area contributed by atoms with E-state index < -0.39 is 20.0 Å². The first-order valence-corrected chi connectivity index (χ1v) is 10.1. The van der Waals surface area contributed by atoms with Gasteiger partial charge in [-0.05, 0) is 25.7 Å². The Balaban J connectivity index is 2.27. The third-order valence-electron chi connectivity index (χ3n) is 3.13. The number of nitrogens with one attached hydrogen (secondary N) is 1. The van der Waals surface area contributed by atoms with Gasteiger partial charge in [-0.1, -0.05) is 13.3 Å². The fourth-order valence-corrected chi connectivity index (χ4v) is 4.89. The second kappa shape index (κ2) is 7.56. The second-order valence-electron chi connectivity index (χ2n) is 4.84. The Morgan fingerprint density at radius 3 is 2.58 bits per heavy atom. The van der Waals surface area contributed by atoms with Gasteiger partial charge < -0.3 is 0 Å². The maximum Gasteiger partial charge on any atom is 0.214 e. The predicted molar refractivity (Wildman–Crippen MR) is 75.9 cm³/mol. The van der Waals surface area contributed by atoms with Gasteiger partial charge in [0.25, 0.3) is 0 Å². The van der Waals surface area contributed by atoms with Gasteiger partial charge in [-0.25, -0.2) is 25.9 Å². The lowest BCUT2D eigenvalue weighted by atomic mass is 10.3. The second-order valence-corrected chi connectivity index (χ2v) is 8.86. The third kappa shape index (κ3) is 6.20. The summed E-state index contributed by atoms with van der Waals surface area (Å²) in [6, 6.07) is 0. The molecule has 8 heteroatoms. The fourth-order valence-electron chi connectivity index (χ4n) is 1.98. The molecule has 1 aliphatic heterocycles. The normalized spacial score (nSPS) is 20.5. The molecule has 0 aliphatic carbocycles. The highest BCUT2D eigenvalue weighted by molar-refractivity contribution is 7.89. The van der Waals surface area contributed by atoms with E-state index in [1.165, 1.54) is 4.31 Å². The summed E-state index contributed by atoms with van der Waals surface area (Å²) in [6.45, 7) is 3.21. The number of rotatable bonds is 8. The molecular weight excluding hydrogens is 288 g/mol. The molecule has 114 valence electrons. The van der Waals surface area contributed by atoms with Gasteiger partial charge in [-0.15, -0.1) is 0 Å². The zero-order chi connectivity index (χ0) is 14.4. The van der Waals surface area contributed by atoms with Crippen LogP contribution in [0, 0.1) is 0 Å². The van der Waals surface area contributed by atoms with Crippen LogP contribution in [0.25, 0.3) is 0 Å². The summed E-state index contributed by atoms with van der Waals surface area (Å²) in [7, 11) is -6.29. The summed E-state index contributed by atoms with van der Waals surface area (Å²) in [4.78, 5) is 0. The van der Waals surface area contributed by atoms with E-state index in [-0.39, 0.29) is 11.5 Å². The Bertz CT molecular complexity index is 459. The Labute approximate surface area is 116 Å². The van der Waals surface area contributed by atoms with Gasteiger partial charge in [0.05, 0.1) is 11.5 Å². The van der Waals surface area contributed by atoms with Crippen molar-refractivity contribution in [2.75, 3.05) is 31.1 Å². The maximum atomic E-state index is 11.7. The molecule has 0 amide bonds. The SMILES string of the molecule is CCCCS(=O)(=O)NCCCN1CCCCS1(=O)=O. The predicted octanol–water partition coefficient (Wildman–Crippen LogP) is 0.522. The van der Waals surface area contributed by atoms with Crippen LogP contribution in [0.2, 0.25) is 0 Å². The first kappa shape index (κ1) is 16.9. The Hall–Kier alpha value is -0.180. The van der Waals surface area contributed by atoms with Gasteiger partial charge >= 0.3 is 0 Å². The number of sulfonamides is 2. The summed E-state index contributed by atoms with van der Waals surface area (Å²) < 4.78 is 50.4. The standard InChI is InChI=1S/C11H24N2O4S2/c1-2-3-10-18(14,15)12-7-6-9-13-8-4-5-11-19(13,16)17/h12H,2-11H2,1H3. The number of hydrogen-bond donors (Lipinski definition) is 1. The van der Waals surface area contributed by atoms with E-state index >= 15 is 0 Å². The summed E-state index contributed by atoms with van der Waals surface area (Å²) in [5.41, 5.74) is 0. The molecule has 0 aromatic carbocycles. The Kier molecular flexibility index (Phi) is 6.72. The van der Waals surface area contributed by atoms with E-state index in [0.717, 1.165) is 19.3 Å².